The topological polar surface area (TPSA) is 182 Å². The number of tetrazole rings is 1. The quantitative estimate of drug-likeness (QED) is 0.145. The highest BCUT2D eigenvalue weighted by Gasteiger charge is 2.48. The van der Waals surface area contributed by atoms with E-state index >= 15 is 0 Å². The van der Waals surface area contributed by atoms with Crippen molar-refractivity contribution < 1.29 is 27.8 Å². The smallest absolute Gasteiger partial charge is 0.272 e. The Bertz CT molecular complexity index is 2610. The van der Waals surface area contributed by atoms with Crippen molar-refractivity contribution in [3.8, 4) is 23.4 Å². The number of nitriles is 1. The van der Waals surface area contributed by atoms with E-state index in [1.165, 1.54) is 11.0 Å². The van der Waals surface area contributed by atoms with Gasteiger partial charge in [-0.05, 0) is 129 Å². The van der Waals surface area contributed by atoms with E-state index in [0.29, 0.717) is 54.0 Å². The lowest BCUT2D eigenvalue weighted by molar-refractivity contribution is -0.129. The minimum Gasteiger partial charge on any atom is -0.490 e. The third-order valence-electron chi connectivity index (χ3n) is 14.2. The largest absolute Gasteiger partial charge is 0.490 e. The molecule has 5 heterocycles. The lowest BCUT2D eigenvalue weighted by atomic mass is 9.58. The zero-order chi connectivity index (χ0) is 44.8. The van der Waals surface area contributed by atoms with Crippen molar-refractivity contribution >= 4 is 34.9 Å². The lowest BCUT2D eigenvalue weighted by Gasteiger charge is -2.51. The van der Waals surface area contributed by atoms with Gasteiger partial charge < -0.3 is 24.6 Å². The molecule has 3 saturated carbocycles. The Morgan fingerprint density at radius 3 is 2.46 bits per heavy atom. The van der Waals surface area contributed by atoms with Crippen LogP contribution < -0.4 is 19.7 Å². The predicted octanol–water partition coefficient (Wildman–Crippen LogP) is 7.56. The number of alkyl halides is 2. The molecule has 5 aromatic rings. The first-order valence-electron chi connectivity index (χ1n) is 22.5. The summed E-state index contributed by atoms with van der Waals surface area (Å²) >= 11 is 6.16. The molecule has 3 aromatic heterocycles. The number of anilines is 2. The summed E-state index contributed by atoms with van der Waals surface area (Å²) in [5.41, 5.74) is 4.67. The Morgan fingerprint density at radius 2 is 1.77 bits per heavy atom. The van der Waals surface area contributed by atoms with Gasteiger partial charge in [-0.3, -0.25) is 14.3 Å². The van der Waals surface area contributed by atoms with Crippen LogP contribution in [0.2, 0.25) is 5.02 Å². The summed E-state index contributed by atoms with van der Waals surface area (Å²) in [5.74, 6) is 1.50. The highest BCUT2D eigenvalue weighted by Crippen LogP contribution is 2.55. The van der Waals surface area contributed by atoms with Gasteiger partial charge in [-0.2, -0.15) is 10.4 Å². The summed E-state index contributed by atoms with van der Waals surface area (Å²) in [7, 11) is 0. The molecule has 1 N–H and O–H groups in total. The Labute approximate surface area is 379 Å². The standard InChI is InChI=1S/C46H49ClF2N12O4/c1-27(62)58-18-14-39-36(25-58)44(59-17-2-3-28-19-41(60-26-51-56-57-60)35(43(48)49)21-40(28)59)55-61(39)31-12-15-46(16-13-31)22-34(23-46)65-42-11-10-38(53-54-42)45(63)52-30-5-8-32(9-6-30)64-33-7-4-29(24-50)37(47)20-33/h4,7,10-11,19-21,26,30-32,34,43H,2-3,5-6,8-9,12-18,22-23,25H2,1H3,(H,52,63). The number of halogens is 3. The van der Waals surface area contributed by atoms with Gasteiger partial charge in [0.1, 0.15) is 24.3 Å². The fourth-order valence-electron chi connectivity index (χ4n) is 10.7. The third kappa shape index (κ3) is 8.58. The number of aromatic nitrogens is 8. The summed E-state index contributed by atoms with van der Waals surface area (Å²) in [6.45, 7) is 3.24. The number of carbonyl (C=O) groups is 2. The number of ether oxygens (including phenoxy) is 2. The van der Waals surface area contributed by atoms with Gasteiger partial charge in [0.05, 0.1) is 35.0 Å². The SMILES string of the molecule is CC(=O)N1CCc2c(c(N3CCCc4cc(-n5cnnn5)c(C(F)F)cc43)nn2C2CCC3(CC2)CC(Oc2ccc(C(=O)NC4CCC(Oc5ccc(C#N)c(Cl)c5)CC4)nn2)C3)C1. The molecule has 3 fully saturated rings. The van der Waals surface area contributed by atoms with Crippen molar-refractivity contribution in [1.29, 1.82) is 5.26 Å². The molecule has 2 amide bonds. The Kier molecular flexibility index (Phi) is 11.6. The van der Waals surface area contributed by atoms with Gasteiger partial charge >= 0.3 is 0 Å². The van der Waals surface area contributed by atoms with E-state index in [4.69, 9.17) is 31.4 Å². The molecule has 65 heavy (non-hydrogen) atoms. The van der Waals surface area contributed by atoms with Gasteiger partial charge in [-0.1, -0.05) is 11.6 Å². The molecule has 19 heteroatoms. The molecular weight excluding hydrogens is 858 g/mol. The zero-order valence-electron chi connectivity index (χ0n) is 36.0. The predicted molar refractivity (Wildman–Crippen MR) is 232 cm³/mol. The second kappa shape index (κ2) is 17.6. The number of fused-ring (bicyclic) bond motifs is 2. The monoisotopic (exact) mass is 906 g/mol. The molecule has 0 radical (unpaired) electrons. The summed E-state index contributed by atoms with van der Waals surface area (Å²) in [6, 6.07) is 14.0. The first kappa shape index (κ1) is 42.7. The van der Waals surface area contributed by atoms with E-state index < -0.39 is 6.43 Å². The molecule has 16 nitrogen and oxygen atoms in total. The molecule has 5 aliphatic rings. The first-order valence-corrected chi connectivity index (χ1v) is 22.9. The van der Waals surface area contributed by atoms with Crippen molar-refractivity contribution in [3.05, 3.63) is 87.5 Å². The van der Waals surface area contributed by atoms with Crippen LogP contribution >= 0.6 is 11.6 Å². The van der Waals surface area contributed by atoms with Crippen LogP contribution in [0.1, 0.15) is 128 Å². The minimum atomic E-state index is -2.74. The van der Waals surface area contributed by atoms with Gasteiger partial charge in [-0.25, -0.2) is 13.5 Å². The number of nitrogens with one attached hydrogen (secondary N) is 1. The molecule has 3 aliphatic carbocycles. The maximum atomic E-state index is 14.6. The maximum absolute atomic E-state index is 14.6. The normalized spacial score (nSPS) is 23.9. The molecule has 0 saturated heterocycles. The summed E-state index contributed by atoms with van der Waals surface area (Å²) < 4.78 is 45.0. The number of hydrogen-bond donors (Lipinski definition) is 1. The number of nitrogens with zero attached hydrogens (tertiary/aromatic N) is 11. The average Bonchev–Trinajstić information content (AvgIpc) is 3.98. The van der Waals surface area contributed by atoms with Crippen LogP contribution in [-0.2, 0) is 24.2 Å². The number of carbonyl (C=O) groups excluding carboxylic acids is 2. The Balaban J connectivity index is 0.748. The Morgan fingerprint density at radius 1 is 0.954 bits per heavy atom. The van der Waals surface area contributed by atoms with E-state index in [0.717, 1.165) is 99.7 Å². The second-order valence-electron chi connectivity index (χ2n) is 18.2. The molecule has 1 spiro atoms. The number of benzene rings is 2. The van der Waals surface area contributed by atoms with Gasteiger partial charge in [0.15, 0.2) is 11.5 Å². The van der Waals surface area contributed by atoms with E-state index in [-0.39, 0.29) is 58.5 Å². The molecule has 338 valence electrons. The number of rotatable bonds is 10. The summed E-state index contributed by atoms with van der Waals surface area (Å²) in [6.07, 6.45) is 9.63. The zero-order valence-corrected chi connectivity index (χ0v) is 36.8. The summed E-state index contributed by atoms with van der Waals surface area (Å²) in [5, 5.41) is 37.5. The van der Waals surface area contributed by atoms with Crippen molar-refractivity contribution in [2.45, 2.75) is 128 Å². The molecule has 2 aliphatic heterocycles. The highest BCUT2D eigenvalue weighted by molar-refractivity contribution is 6.31. The van der Waals surface area contributed by atoms with E-state index in [9.17, 15) is 18.4 Å². The van der Waals surface area contributed by atoms with Crippen LogP contribution in [-0.4, -0.2) is 88.2 Å². The van der Waals surface area contributed by atoms with Crippen LogP contribution in [0.15, 0.2) is 48.8 Å². The van der Waals surface area contributed by atoms with Gasteiger partial charge in [0.25, 0.3) is 12.3 Å². The molecule has 0 unspecified atom stereocenters. The third-order valence-corrected chi connectivity index (χ3v) is 14.5. The maximum Gasteiger partial charge on any atom is 0.272 e. The van der Waals surface area contributed by atoms with E-state index in [1.54, 1.807) is 49.4 Å². The van der Waals surface area contributed by atoms with Gasteiger partial charge in [-0.15, -0.1) is 15.3 Å². The fraction of sp³-hybridized carbons (Fsp3) is 0.500. The average molecular weight is 907 g/mol. The first-order chi connectivity index (χ1) is 31.5. The van der Waals surface area contributed by atoms with Gasteiger partial charge in [0, 0.05) is 67.1 Å². The van der Waals surface area contributed by atoms with Crippen LogP contribution in [0.3, 0.4) is 0 Å². The summed E-state index contributed by atoms with van der Waals surface area (Å²) in [4.78, 5) is 29.6. The van der Waals surface area contributed by atoms with Crippen molar-refractivity contribution in [2.75, 3.05) is 18.0 Å². The van der Waals surface area contributed by atoms with Crippen molar-refractivity contribution in [2.24, 2.45) is 5.41 Å². The van der Waals surface area contributed by atoms with Gasteiger partial charge in [0.2, 0.25) is 11.8 Å². The number of hydrogen-bond acceptors (Lipinski definition) is 12. The fourth-order valence-corrected chi connectivity index (χ4v) is 10.9. The van der Waals surface area contributed by atoms with Crippen molar-refractivity contribution in [1.82, 2.24) is 50.4 Å². The Hall–Kier alpha value is -6.22. The number of aryl methyl sites for hydroxylation is 1. The lowest BCUT2D eigenvalue weighted by Crippen LogP contribution is -2.46. The van der Waals surface area contributed by atoms with E-state index in [2.05, 4.69) is 46.7 Å². The van der Waals surface area contributed by atoms with Crippen LogP contribution in [0.5, 0.6) is 11.6 Å². The van der Waals surface area contributed by atoms with Crippen LogP contribution in [0.25, 0.3) is 5.69 Å². The molecular formula is C46H49ClF2N12O4. The highest BCUT2D eigenvalue weighted by atomic mass is 35.5. The second-order valence-corrected chi connectivity index (χ2v) is 18.6. The minimum absolute atomic E-state index is 0.000342. The molecule has 2 aromatic carbocycles. The molecule has 0 atom stereocenters. The molecule has 10 rings (SSSR count). The van der Waals surface area contributed by atoms with Crippen LogP contribution in [0.4, 0.5) is 20.3 Å². The van der Waals surface area contributed by atoms with Crippen LogP contribution in [0, 0.1) is 16.7 Å². The molecule has 0 bridgehead atoms. The number of amides is 2. The van der Waals surface area contributed by atoms with Crippen molar-refractivity contribution in [3.63, 3.8) is 0 Å². The van der Waals surface area contributed by atoms with E-state index in [1.807, 2.05) is 4.90 Å².